The molecule has 1 fully saturated rings. The molecular formula is C11H20N2OS. The van der Waals surface area contributed by atoms with E-state index in [2.05, 4.69) is 24.5 Å². The molecule has 0 radical (unpaired) electrons. The fourth-order valence-corrected chi connectivity index (χ4v) is 2.36. The van der Waals surface area contributed by atoms with Crippen molar-refractivity contribution in [3.05, 3.63) is 0 Å². The molecule has 0 bridgehead atoms. The zero-order valence-corrected chi connectivity index (χ0v) is 10.1. The largest absolute Gasteiger partial charge is 0.393 e. The average molecular weight is 228 g/mol. The minimum absolute atomic E-state index is 0.0410. The molecule has 3 N–H and O–H groups in total. The van der Waals surface area contributed by atoms with E-state index in [0.717, 1.165) is 12.5 Å². The first-order valence-electron chi connectivity index (χ1n) is 5.63. The van der Waals surface area contributed by atoms with Gasteiger partial charge in [-0.05, 0) is 24.7 Å². The summed E-state index contributed by atoms with van der Waals surface area (Å²) in [6, 6.07) is 0. The van der Waals surface area contributed by atoms with Crippen LogP contribution in [0.2, 0.25) is 0 Å². The maximum Gasteiger partial charge on any atom is 0.226 e. The number of hydrogen-bond acceptors (Lipinski definition) is 2. The van der Waals surface area contributed by atoms with Crippen molar-refractivity contribution < 1.29 is 4.79 Å². The average Bonchev–Trinajstić information content (AvgIpc) is 2.14. The second-order valence-electron chi connectivity index (χ2n) is 4.58. The lowest BCUT2D eigenvalue weighted by atomic mass is 9.82. The number of hydrogen-bond donors (Lipinski definition) is 2. The topological polar surface area (TPSA) is 55.1 Å². The molecule has 0 saturated heterocycles. The van der Waals surface area contributed by atoms with Crippen molar-refractivity contribution in [1.29, 1.82) is 0 Å². The van der Waals surface area contributed by atoms with E-state index in [4.69, 9.17) is 5.73 Å². The number of carbonyl (C=O) groups is 1. The van der Waals surface area contributed by atoms with Gasteiger partial charge in [0.1, 0.15) is 0 Å². The van der Waals surface area contributed by atoms with Crippen molar-refractivity contribution in [1.82, 2.24) is 5.32 Å². The van der Waals surface area contributed by atoms with Crippen LogP contribution in [-0.2, 0) is 4.79 Å². The number of nitrogens with two attached hydrogens (primary N) is 1. The summed E-state index contributed by atoms with van der Waals surface area (Å²) >= 11 is 4.68. The van der Waals surface area contributed by atoms with Crippen LogP contribution in [0.4, 0.5) is 0 Å². The van der Waals surface area contributed by atoms with Gasteiger partial charge in [-0.1, -0.05) is 32.0 Å². The lowest BCUT2D eigenvalue weighted by Crippen LogP contribution is -2.33. The smallest absolute Gasteiger partial charge is 0.226 e. The van der Waals surface area contributed by atoms with Gasteiger partial charge >= 0.3 is 0 Å². The normalized spacial score (nSPS) is 25.9. The van der Waals surface area contributed by atoms with Crippen LogP contribution in [0.5, 0.6) is 0 Å². The van der Waals surface area contributed by atoms with Crippen LogP contribution in [0.15, 0.2) is 0 Å². The first kappa shape index (κ1) is 12.4. The third kappa shape index (κ3) is 5.11. The van der Waals surface area contributed by atoms with Crippen LogP contribution in [-0.4, -0.2) is 17.4 Å². The third-order valence-corrected chi connectivity index (χ3v) is 3.11. The minimum atomic E-state index is -0.0410. The third-order valence-electron chi connectivity index (χ3n) is 2.97. The molecule has 1 amide bonds. The van der Waals surface area contributed by atoms with Crippen LogP contribution in [0, 0.1) is 11.8 Å². The van der Waals surface area contributed by atoms with E-state index in [1.54, 1.807) is 0 Å². The SMILES string of the molecule is CC1CCCC(CNC(=O)CC(N)=S)C1. The zero-order chi connectivity index (χ0) is 11.3. The molecule has 0 aromatic carbocycles. The van der Waals surface area contributed by atoms with E-state index in [-0.39, 0.29) is 17.3 Å². The van der Waals surface area contributed by atoms with Gasteiger partial charge in [0.15, 0.2) is 0 Å². The highest BCUT2D eigenvalue weighted by atomic mass is 32.1. The number of rotatable bonds is 4. The molecule has 0 aromatic rings. The van der Waals surface area contributed by atoms with Crippen LogP contribution in [0.1, 0.15) is 39.0 Å². The van der Waals surface area contributed by atoms with Gasteiger partial charge in [-0.25, -0.2) is 0 Å². The fourth-order valence-electron chi connectivity index (χ4n) is 2.22. The molecule has 4 heteroatoms. The molecule has 0 spiro atoms. The van der Waals surface area contributed by atoms with Crippen LogP contribution >= 0.6 is 12.2 Å². The molecule has 2 atom stereocenters. The van der Waals surface area contributed by atoms with Gasteiger partial charge in [0, 0.05) is 6.54 Å². The summed E-state index contributed by atoms with van der Waals surface area (Å²) in [5.74, 6) is 1.40. The highest BCUT2D eigenvalue weighted by molar-refractivity contribution is 7.80. The molecule has 1 rings (SSSR count). The van der Waals surface area contributed by atoms with Crippen molar-refractivity contribution >= 4 is 23.1 Å². The second-order valence-corrected chi connectivity index (χ2v) is 5.11. The lowest BCUT2D eigenvalue weighted by molar-refractivity contribution is -0.120. The lowest BCUT2D eigenvalue weighted by Gasteiger charge is -2.26. The summed E-state index contributed by atoms with van der Waals surface area (Å²) < 4.78 is 0. The van der Waals surface area contributed by atoms with Gasteiger partial charge in [0.05, 0.1) is 11.4 Å². The molecule has 2 unspecified atom stereocenters. The van der Waals surface area contributed by atoms with Crippen molar-refractivity contribution in [2.24, 2.45) is 17.6 Å². The highest BCUT2D eigenvalue weighted by Gasteiger charge is 2.19. The summed E-state index contributed by atoms with van der Waals surface area (Å²) in [4.78, 5) is 11.6. The molecule has 0 aromatic heterocycles. The van der Waals surface area contributed by atoms with Gasteiger partial charge in [0.25, 0.3) is 0 Å². The fraction of sp³-hybridized carbons (Fsp3) is 0.818. The number of thiocarbonyl (C=S) groups is 1. The quantitative estimate of drug-likeness (QED) is 0.719. The van der Waals surface area contributed by atoms with Gasteiger partial charge < -0.3 is 11.1 Å². The Morgan fingerprint density at radius 2 is 2.27 bits per heavy atom. The Morgan fingerprint density at radius 1 is 1.53 bits per heavy atom. The molecule has 0 heterocycles. The Labute approximate surface area is 96.8 Å². The van der Waals surface area contributed by atoms with Crippen LogP contribution in [0.25, 0.3) is 0 Å². The van der Waals surface area contributed by atoms with Gasteiger partial charge in [0.2, 0.25) is 5.91 Å². The van der Waals surface area contributed by atoms with Gasteiger partial charge in [-0.15, -0.1) is 0 Å². The van der Waals surface area contributed by atoms with Crippen LogP contribution < -0.4 is 11.1 Å². The van der Waals surface area contributed by atoms with Crippen molar-refractivity contribution in [2.45, 2.75) is 39.0 Å². The standard InChI is InChI=1S/C11H20N2OS/c1-8-3-2-4-9(5-8)7-13-11(14)6-10(12)15/h8-9H,2-7H2,1H3,(H2,12,15)(H,13,14). The first-order valence-corrected chi connectivity index (χ1v) is 6.03. The van der Waals surface area contributed by atoms with E-state index < -0.39 is 0 Å². The second kappa shape index (κ2) is 6.05. The van der Waals surface area contributed by atoms with E-state index in [1.165, 1.54) is 25.7 Å². The summed E-state index contributed by atoms with van der Waals surface area (Å²) in [6.07, 6.45) is 5.26. The monoisotopic (exact) mass is 228 g/mol. The van der Waals surface area contributed by atoms with Crippen molar-refractivity contribution in [3.63, 3.8) is 0 Å². The summed E-state index contributed by atoms with van der Waals surface area (Å²) in [5.41, 5.74) is 5.29. The molecule has 1 saturated carbocycles. The maximum absolute atomic E-state index is 11.3. The van der Waals surface area contributed by atoms with Crippen molar-refractivity contribution in [2.75, 3.05) is 6.54 Å². The number of amides is 1. The Morgan fingerprint density at radius 3 is 2.87 bits per heavy atom. The molecular weight excluding hydrogens is 208 g/mol. The van der Waals surface area contributed by atoms with E-state index in [1.807, 2.05) is 0 Å². The van der Waals surface area contributed by atoms with Gasteiger partial charge in [-0.3, -0.25) is 4.79 Å². The Hall–Kier alpha value is -0.640. The molecule has 1 aliphatic carbocycles. The van der Waals surface area contributed by atoms with E-state index >= 15 is 0 Å². The molecule has 86 valence electrons. The molecule has 0 aliphatic heterocycles. The molecule has 15 heavy (non-hydrogen) atoms. The first-order chi connectivity index (χ1) is 7.08. The predicted octanol–water partition coefficient (Wildman–Crippen LogP) is 1.61. The molecule has 3 nitrogen and oxygen atoms in total. The number of nitrogens with one attached hydrogen (secondary N) is 1. The van der Waals surface area contributed by atoms with Gasteiger partial charge in [-0.2, -0.15) is 0 Å². The summed E-state index contributed by atoms with van der Waals surface area (Å²) in [6.45, 7) is 3.06. The van der Waals surface area contributed by atoms with Crippen LogP contribution in [0.3, 0.4) is 0 Å². The highest BCUT2D eigenvalue weighted by Crippen LogP contribution is 2.27. The summed E-state index contributed by atoms with van der Waals surface area (Å²) in [7, 11) is 0. The van der Waals surface area contributed by atoms with Crippen molar-refractivity contribution in [3.8, 4) is 0 Å². The van der Waals surface area contributed by atoms with E-state index in [0.29, 0.717) is 5.92 Å². The number of carbonyl (C=O) groups excluding carboxylic acids is 1. The Balaban J connectivity index is 2.18. The summed E-state index contributed by atoms with van der Waals surface area (Å²) in [5, 5.41) is 2.90. The Kier molecular flexibility index (Phi) is 5.02. The maximum atomic E-state index is 11.3. The minimum Gasteiger partial charge on any atom is -0.393 e. The zero-order valence-electron chi connectivity index (χ0n) is 9.29. The molecule has 1 aliphatic rings. The Bertz CT molecular complexity index is 243. The van der Waals surface area contributed by atoms with E-state index in [9.17, 15) is 4.79 Å². The predicted molar refractivity (Wildman–Crippen MR) is 65.5 cm³/mol.